The third-order valence-corrected chi connectivity index (χ3v) is 5.70. The van der Waals surface area contributed by atoms with Crippen molar-refractivity contribution in [3.05, 3.63) is 47.8 Å². The summed E-state index contributed by atoms with van der Waals surface area (Å²) in [5, 5.41) is 4.08. The molecule has 0 saturated carbocycles. The molecule has 3 aromatic rings. The van der Waals surface area contributed by atoms with Gasteiger partial charge < -0.3 is 9.64 Å². The summed E-state index contributed by atoms with van der Waals surface area (Å²) in [6.45, 7) is 2.72. The number of halogens is 2. The fourth-order valence-electron chi connectivity index (χ4n) is 4.05. The third-order valence-electron chi connectivity index (χ3n) is 5.70. The van der Waals surface area contributed by atoms with E-state index < -0.39 is 6.43 Å². The number of benzene rings is 1. The summed E-state index contributed by atoms with van der Waals surface area (Å²) in [4.78, 5) is 19.7. The number of amides is 1. The fourth-order valence-corrected chi connectivity index (χ4v) is 4.05. The highest BCUT2D eigenvalue weighted by atomic mass is 19.3. The van der Waals surface area contributed by atoms with Crippen molar-refractivity contribution in [2.24, 2.45) is 0 Å². The van der Waals surface area contributed by atoms with Crippen LogP contribution in [0, 0.1) is 0 Å². The number of piperidine rings is 1. The smallest absolute Gasteiger partial charge is 0.280 e. The molecule has 0 unspecified atom stereocenters. The van der Waals surface area contributed by atoms with Crippen molar-refractivity contribution < 1.29 is 18.3 Å². The Hall–Kier alpha value is -3.03. The van der Waals surface area contributed by atoms with Crippen LogP contribution in [0.2, 0.25) is 0 Å². The molecule has 0 N–H and O–H groups in total. The number of aromatic nitrogens is 3. The van der Waals surface area contributed by atoms with Crippen LogP contribution < -0.4 is 4.74 Å². The second-order valence-electron chi connectivity index (χ2n) is 7.45. The summed E-state index contributed by atoms with van der Waals surface area (Å²) >= 11 is 0. The van der Waals surface area contributed by atoms with Gasteiger partial charge in [0.05, 0.1) is 19.0 Å². The highest BCUT2D eigenvalue weighted by Gasteiger charge is 2.29. The van der Waals surface area contributed by atoms with Crippen LogP contribution in [-0.4, -0.2) is 45.1 Å². The Morgan fingerprint density at radius 1 is 1.27 bits per heavy atom. The average Bonchev–Trinajstić information content (AvgIpc) is 3.21. The van der Waals surface area contributed by atoms with Crippen LogP contribution >= 0.6 is 0 Å². The Labute approximate surface area is 173 Å². The molecule has 4 rings (SSSR count). The number of hydrogen-bond donors (Lipinski definition) is 0. The lowest BCUT2D eigenvalue weighted by atomic mass is 9.99. The van der Waals surface area contributed by atoms with E-state index in [1.54, 1.807) is 31.4 Å². The van der Waals surface area contributed by atoms with E-state index in [9.17, 15) is 13.6 Å². The largest absolute Gasteiger partial charge is 0.497 e. The van der Waals surface area contributed by atoms with E-state index in [-0.39, 0.29) is 28.9 Å². The van der Waals surface area contributed by atoms with Crippen LogP contribution in [0.1, 0.15) is 55.1 Å². The van der Waals surface area contributed by atoms with Crippen molar-refractivity contribution >= 4 is 11.6 Å². The third kappa shape index (κ3) is 3.62. The maximum absolute atomic E-state index is 13.8. The van der Waals surface area contributed by atoms with Gasteiger partial charge in [-0.3, -0.25) is 4.79 Å². The van der Waals surface area contributed by atoms with Gasteiger partial charge in [-0.15, -0.1) is 0 Å². The first-order valence-corrected chi connectivity index (χ1v) is 10.2. The highest BCUT2D eigenvalue weighted by Crippen LogP contribution is 2.29. The maximum Gasteiger partial charge on any atom is 0.280 e. The van der Waals surface area contributed by atoms with E-state index in [0.29, 0.717) is 23.6 Å². The van der Waals surface area contributed by atoms with E-state index in [1.165, 1.54) is 12.3 Å². The average molecular weight is 414 g/mol. The molecular weight excluding hydrogens is 390 g/mol. The highest BCUT2D eigenvalue weighted by molar-refractivity contribution is 6.00. The van der Waals surface area contributed by atoms with E-state index in [0.717, 1.165) is 30.2 Å². The molecule has 8 heteroatoms. The van der Waals surface area contributed by atoms with Gasteiger partial charge >= 0.3 is 0 Å². The first kappa shape index (κ1) is 20.3. The molecule has 1 aliphatic heterocycles. The van der Waals surface area contributed by atoms with Crippen LogP contribution in [0.5, 0.6) is 5.75 Å². The minimum Gasteiger partial charge on any atom is -0.497 e. The van der Waals surface area contributed by atoms with Gasteiger partial charge in [0.1, 0.15) is 17.0 Å². The Morgan fingerprint density at radius 3 is 2.70 bits per heavy atom. The van der Waals surface area contributed by atoms with Crippen LogP contribution in [0.15, 0.2) is 36.5 Å². The molecule has 1 aliphatic rings. The summed E-state index contributed by atoms with van der Waals surface area (Å²) in [5.74, 6) is 0.459. The predicted octanol–water partition coefficient (Wildman–Crippen LogP) is 4.75. The topological polar surface area (TPSA) is 59.7 Å². The molecule has 1 aromatic carbocycles. The zero-order valence-electron chi connectivity index (χ0n) is 17.0. The molecule has 6 nitrogen and oxygen atoms in total. The zero-order valence-corrected chi connectivity index (χ0v) is 17.0. The van der Waals surface area contributed by atoms with Gasteiger partial charge in [0.15, 0.2) is 5.65 Å². The second-order valence-corrected chi connectivity index (χ2v) is 7.45. The van der Waals surface area contributed by atoms with Crippen LogP contribution in [0.4, 0.5) is 8.78 Å². The number of ether oxygens (including phenoxy) is 1. The Bertz CT molecular complexity index is 1050. The lowest BCUT2D eigenvalue weighted by molar-refractivity contribution is 0.0609. The van der Waals surface area contributed by atoms with E-state index in [4.69, 9.17) is 4.74 Å². The van der Waals surface area contributed by atoms with Gasteiger partial charge in [0.2, 0.25) is 0 Å². The number of alkyl halides is 2. The fraction of sp³-hybridized carbons (Fsp3) is 0.409. The van der Waals surface area contributed by atoms with Crippen molar-refractivity contribution in [2.75, 3.05) is 13.7 Å². The van der Waals surface area contributed by atoms with Gasteiger partial charge in [-0.2, -0.15) is 5.10 Å². The van der Waals surface area contributed by atoms with Gasteiger partial charge in [0, 0.05) is 18.2 Å². The molecule has 0 radical (unpaired) electrons. The van der Waals surface area contributed by atoms with E-state index >= 15 is 0 Å². The van der Waals surface area contributed by atoms with Crippen LogP contribution in [-0.2, 0) is 0 Å². The first-order chi connectivity index (χ1) is 14.5. The number of carbonyl (C=O) groups excluding carboxylic acids is 1. The van der Waals surface area contributed by atoms with Crippen molar-refractivity contribution in [2.45, 2.75) is 45.1 Å². The molecule has 0 aliphatic carbocycles. The van der Waals surface area contributed by atoms with Gasteiger partial charge in [-0.25, -0.2) is 18.3 Å². The lowest BCUT2D eigenvalue weighted by Gasteiger charge is -2.35. The minimum absolute atomic E-state index is 0.153. The minimum atomic E-state index is -2.76. The number of fused-ring (bicyclic) bond motifs is 1. The molecule has 1 atom stereocenters. The molecule has 1 amide bonds. The monoisotopic (exact) mass is 414 g/mol. The first-order valence-electron chi connectivity index (χ1n) is 10.2. The van der Waals surface area contributed by atoms with Gasteiger partial charge in [-0.05, 0) is 56.0 Å². The lowest BCUT2D eigenvalue weighted by Crippen LogP contribution is -2.43. The SMILES string of the molecule is CC[C@@H]1CCCCN1C(=O)c1cnn2c(C(F)F)cc(-c3ccc(OC)cc3)nc12. The number of methoxy groups -OCH3 is 1. The van der Waals surface area contributed by atoms with E-state index in [1.807, 2.05) is 4.90 Å². The van der Waals surface area contributed by atoms with Gasteiger partial charge in [-0.1, -0.05) is 6.92 Å². The molecule has 0 spiro atoms. The standard InChI is InChI=1S/C22H24F2N4O2/c1-3-15-6-4-5-11-27(15)22(29)17-13-25-28-19(20(23)24)12-18(26-21(17)28)14-7-9-16(30-2)10-8-14/h7-10,12-13,15,20H,3-6,11H2,1-2H3/t15-/m1/s1. The maximum atomic E-state index is 13.8. The summed E-state index contributed by atoms with van der Waals surface area (Å²) in [6.07, 6.45) is 2.44. The molecule has 1 saturated heterocycles. The van der Waals surface area contributed by atoms with Crippen molar-refractivity contribution in [1.29, 1.82) is 0 Å². The van der Waals surface area contributed by atoms with Crippen LogP contribution in [0.3, 0.4) is 0 Å². The molecule has 0 bridgehead atoms. The van der Waals surface area contributed by atoms with Crippen LogP contribution in [0.25, 0.3) is 16.9 Å². The number of likely N-dealkylation sites (tertiary alicyclic amines) is 1. The van der Waals surface area contributed by atoms with Gasteiger partial charge in [0.25, 0.3) is 12.3 Å². The number of rotatable bonds is 5. The molecule has 158 valence electrons. The predicted molar refractivity (Wildman–Crippen MR) is 109 cm³/mol. The Morgan fingerprint density at radius 2 is 2.03 bits per heavy atom. The molecule has 1 fully saturated rings. The number of nitrogens with zero attached hydrogens (tertiary/aromatic N) is 4. The number of hydrogen-bond acceptors (Lipinski definition) is 4. The summed E-state index contributed by atoms with van der Waals surface area (Å²) in [5.41, 5.74) is 1.14. The normalized spacial score (nSPS) is 17.0. The quantitative estimate of drug-likeness (QED) is 0.605. The summed E-state index contributed by atoms with van der Waals surface area (Å²) in [7, 11) is 1.56. The van der Waals surface area contributed by atoms with Crippen molar-refractivity contribution in [3.8, 4) is 17.0 Å². The number of carbonyl (C=O) groups is 1. The Balaban J connectivity index is 1.81. The summed E-state index contributed by atoms with van der Waals surface area (Å²) in [6, 6.07) is 8.46. The summed E-state index contributed by atoms with van der Waals surface area (Å²) < 4.78 is 33.8. The molecule has 30 heavy (non-hydrogen) atoms. The molecule has 2 aromatic heterocycles. The van der Waals surface area contributed by atoms with Crippen molar-refractivity contribution in [1.82, 2.24) is 19.5 Å². The second kappa shape index (κ2) is 8.38. The molecular formula is C22H24F2N4O2. The Kier molecular flexibility index (Phi) is 5.65. The van der Waals surface area contributed by atoms with Crippen molar-refractivity contribution in [3.63, 3.8) is 0 Å². The van der Waals surface area contributed by atoms with E-state index in [2.05, 4.69) is 17.0 Å². The molecule has 3 heterocycles. The zero-order chi connectivity index (χ0) is 21.3.